The highest BCUT2D eigenvalue weighted by Gasteiger charge is 1.87. The van der Waals surface area contributed by atoms with Crippen LogP contribution in [0.1, 0.15) is 0 Å². The average Bonchev–Trinajstić information content (AvgIpc) is 2.17. The van der Waals surface area contributed by atoms with Gasteiger partial charge in [-0.05, 0) is 0 Å². The van der Waals surface area contributed by atoms with E-state index < -0.39 is 0 Å². The van der Waals surface area contributed by atoms with Crippen molar-refractivity contribution in [2.24, 2.45) is 14.1 Å². The Bertz CT molecular complexity index is 207. The summed E-state index contributed by atoms with van der Waals surface area (Å²) >= 11 is 3.70. The maximum atomic E-state index is 7.13. The number of nitrogens with zero attached hydrogens (tertiary/aromatic N) is 3. The molecule has 0 fully saturated rings. The first-order valence-corrected chi connectivity index (χ1v) is 3.10. The third-order valence-corrected chi connectivity index (χ3v) is 0.901. The highest BCUT2D eigenvalue weighted by atomic mass is 32.1. The summed E-state index contributed by atoms with van der Waals surface area (Å²) in [6.07, 6.45) is 6.00. The Kier molecular flexibility index (Phi) is 4.25. The SMILES string of the molecule is Cn1cc[n+](C)c1.N#C[S-]. The van der Waals surface area contributed by atoms with Crippen LogP contribution < -0.4 is 4.57 Å². The van der Waals surface area contributed by atoms with E-state index in [0.29, 0.717) is 0 Å². The van der Waals surface area contributed by atoms with Crippen molar-refractivity contribution >= 4 is 12.6 Å². The zero-order chi connectivity index (χ0) is 7.98. The maximum absolute atomic E-state index is 7.13. The topological polar surface area (TPSA) is 32.6 Å². The van der Waals surface area contributed by atoms with Crippen LogP contribution in [0.4, 0.5) is 0 Å². The van der Waals surface area contributed by atoms with E-state index in [1.807, 2.05) is 42.0 Å². The molecule has 1 heterocycles. The largest absolute Gasteiger partial charge is 0.696 e. The summed E-state index contributed by atoms with van der Waals surface area (Å²) in [5.41, 5.74) is 0. The first-order chi connectivity index (χ1) is 4.70. The lowest BCUT2D eigenvalue weighted by Gasteiger charge is -1.72. The average molecular weight is 155 g/mol. The van der Waals surface area contributed by atoms with Gasteiger partial charge in [-0.15, -0.1) is 0 Å². The van der Waals surface area contributed by atoms with Crippen LogP contribution in [-0.4, -0.2) is 4.57 Å². The minimum absolute atomic E-state index is 1.33. The number of aryl methyl sites for hydroxylation is 2. The first kappa shape index (κ1) is 8.92. The lowest BCUT2D eigenvalue weighted by atomic mass is 10.9. The van der Waals surface area contributed by atoms with Gasteiger partial charge in [0, 0.05) is 0 Å². The highest BCUT2D eigenvalue weighted by molar-refractivity contribution is 7.64. The smallest absolute Gasteiger partial charge is 0.243 e. The van der Waals surface area contributed by atoms with Crippen molar-refractivity contribution in [3.05, 3.63) is 18.7 Å². The molecule has 0 radical (unpaired) electrons. The zero-order valence-corrected chi connectivity index (χ0v) is 6.80. The molecule has 0 aliphatic rings. The van der Waals surface area contributed by atoms with E-state index in [0.717, 1.165) is 0 Å². The summed E-state index contributed by atoms with van der Waals surface area (Å²) in [5.74, 6) is 0. The number of nitriles is 1. The van der Waals surface area contributed by atoms with Gasteiger partial charge in [0.25, 0.3) is 0 Å². The van der Waals surface area contributed by atoms with E-state index in [2.05, 4.69) is 12.6 Å². The first-order valence-electron chi connectivity index (χ1n) is 2.69. The Morgan fingerprint density at radius 3 is 2.30 bits per heavy atom. The lowest BCUT2D eigenvalue weighted by molar-refractivity contribution is -0.670. The Labute approximate surface area is 65.9 Å². The predicted octanol–water partition coefficient (Wildman–Crippen LogP) is -0.136. The predicted molar refractivity (Wildman–Crippen MR) is 39.6 cm³/mol. The minimum atomic E-state index is 1.33. The number of imidazole rings is 1. The number of aromatic nitrogens is 2. The molecule has 1 rings (SSSR count). The van der Waals surface area contributed by atoms with Crippen LogP contribution in [0.2, 0.25) is 0 Å². The second-order valence-corrected chi connectivity index (χ2v) is 2.02. The quantitative estimate of drug-likeness (QED) is 0.297. The third kappa shape index (κ3) is 3.87. The van der Waals surface area contributed by atoms with Crippen LogP contribution in [0.5, 0.6) is 0 Å². The van der Waals surface area contributed by atoms with Crippen LogP contribution in [0.15, 0.2) is 18.7 Å². The van der Waals surface area contributed by atoms with Crippen molar-refractivity contribution in [3.63, 3.8) is 0 Å². The second kappa shape index (κ2) is 4.77. The van der Waals surface area contributed by atoms with Gasteiger partial charge in [-0.25, -0.2) is 14.4 Å². The van der Waals surface area contributed by atoms with Crippen LogP contribution in [-0.2, 0) is 26.7 Å². The fourth-order valence-electron chi connectivity index (χ4n) is 0.575. The summed E-state index contributed by atoms with van der Waals surface area (Å²) < 4.78 is 4.00. The van der Waals surface area contributed by atoms with E-state index >= 15 is 0 Å². The number of rotatable bonds is 0. The molecule has 0 saturated carbocycles. The number of hydrogen-bond donors (Lipinski definition) is 0. The molecular formula is C6H9N3S. The van der Waals surface area contributed by atoms with Gasteiger partial charge < -0.3 is 12.6 Å². The molecule has 0 bridgehead atoms. The fraction of sp³-hybridized carbons (Fsp3) is 0.333. The van der Waals surface area contributed by atoms with Crippen molar-refractivity contribution in [1.82, 2.24) is 4.57 Å². The molecule has 0 unspecified atom stereocenters. The van der Waals surface area contributed by atoms with Gasteiger partial charge in [-0.1, -0.05) is 5.40 Å². The standard InChI is InChI=1S/C5H9N2.CHNS/c1-6-3-4-7(2)5-6;2-1-3/h3-5H,1-2H3;3H/q+1;/p-1. The van der Waals surface area contributed by atoms with E-state index in [4.69, 9.17) is 5.26 Å². The van der Waals surface area contributed by atoms with Crippen LogP contribution in [0, 0.1) is 10.7 Å². The molecule has 0 aromatic carbocycles. The maximum Gasteiger partial charge on any atom is 0.243 e. The summed E-state index contributed by atoms with van der Waals surface area (Å²) in [5, 5.41) is 8.47. The van der Waals surface area contributed by atoms with Gasteiger partial charge in [0.15, 0.2) is 0 Å². The molecule has 4 heteroatoms. The second-order valence-electron chi connectivity index (χ2n) is 1.84. The van der Waals surface area contributed by atoms with Gasteiger partial charge >= 0.3 is 0 Å². The number of thiocyanates is 1. The van der Waals surface area contributed by atoms with Crippen molar-refractivity contribution in [3.8, 4) is 5.40 Å². The molecule has 1 aromatic heterocycles. The summed E-state index contributed by atoms with van der Waals surface area (Å²) in [6, 6.07) is 0. The van der Waals surface area contributed by atoms with Crippen LogP contribution >= 0.6 is 0 Å². The van der Waals surface area contributed by atoms with E-state index in [9.17, 15) is 0 Å². The van der Waals surface area contributed by atoms with Gasteiger partial charge in [0.1, 0.15) is 12.4 Å². The molecule has 0 N–H and O–H groups in total. The number of hydrogen-bond acceptors (Lipinski definition) is 2. The van der Waals surface area contributed by atoms with Crippen molar-refractivity contribution < 1.29 is 4.57 Å². The Hall–Kier alpha value is -1.08. The molecule has 1 aromatic rings. The van der Waals surface area contributed by atoms with Crippen LogP contribution in [0.25, 0.3) is 0 Å². The molecule has 0 aliphatic heterocycles. The van der Waals surface area contributed by atoms with E-state index in [-0.39, 0.29) is 0 Å². The molecule has 0 saturated heterocycles. The summed E-state index contributed by atoms with van der Waals surface area (Å²) in [7, 11) is 4.00. The lowest BCUT2D eigenvalue weighted by Crippen LogP contribution is -2.23. The Morgan fingerprint density at radius 1 is 1.70 bits per heavy atom. The Morgan fingerprint density at radius 2 is 2.20 bits per heavy atom. The molecule has 54 valence electrons. The molecule has 0 amide bonds. The van der Waals surface area contributed by atoms with Crippen molar-refractivity contribution in [2.45, 2.75) is 0 Å². The molecule has 3 nitrogen and oxygen atoms in total. The van der Waals surface area contributed by atoms with Gasteiger partial charge in [-0.2, -0.15) is 0 Å². The monoisotopic (exact) mass is 155 g/mol. The Balaban J connectivity index is 0.000000236. The van der Waals surface area contributed by atoms with E-state index in [1.165, 1.54) is 5.40 Å². The molecule has 0 aliphatic carbocycles. The summed E-state index contributed by atoms with van der Waals surface area (Å²) in [4.78, 5) is 0. The van der Waals surface area contributed by atoms with Gasteiger partial charge in [0.05, 0.1) is 14.1 Å². The van der Waals surface area contributed by atoms with E-state index in [1.54, 1.807) is 0 Å². The van der Waals surface area contributed by atoms with Crippen molar-refractivity contribution in [1.29, 1.82) is 5.26 Å². The third-order valence-electron chi connectivity index (χ3n) is 0.901. The zero-order valence-electron chi connectivity index (χ0n) is 5.98. The molecule has 0 spiro atoms. The van der Waals surface area contributed by atoms with Crippen molar-refractivity contribution in [2.75, 3.05) is 0 Å². The normalized spacial score (nSPS) is 7.30. The van der Waals surface area contributed by atoms with Gasteiger partial charge in [-0.3, -0.25) is 0 Å². The summed E-state index contributed by atoms with van der Waals surface area (Å²) in [6.45, 7) is 0. The van der Waals surface area contributed by atoms with Crippen LogP contribution in [0.3, 0.4) is 0 Å². The molecule has 10 heavy (non-hydrogen) atoms. The van der Waals surface area contributed by atoms with Gasteiger partial charge in [0.2, 0.25) is 6.33 Å². The molecule has 0 atom stereocenters. The fourth-order valence-corrected chi connectivity index (χ4v) is 0.575. The molecular weight excluding hydrogens is 146 g/mol. The minimum Gasteiger partial charge on any atom is -0.696 e. The highest BCUT2D eigenvalue weighted by Crippen LogP contribution is 1.70.